The molecule has 0 radical (unpaired) electrons. The molecule has 0 aliphatic carbocycles. The predicted octanol–water partition coefficient (Wildman–Crippen LogP) is 2.48. The molecule has 94 valence electrons. The lowest BCUT2D eigenvalue weighted by molar-refractivity contribution is 0.103. The molecule has 1 atom stereocenters. The van der Waals surface area contributed by atoms with Crippen molar-refractivity contribution in [3.63, 3.8) is 0 Å². The fourth-order valence-corrected chi connectivity index (χ4v) is 2.03. The maximum Gasteiger partial charge on any atom is 0.115 e. The number of nitrogen functional groups attached to an aromatic ring is 1. The fraction of sp³-hybridized carbons (Fsp3) is 0.267. The molecule has 0 bridgehead atoms. The van der Waals surface area contributed by atoms with Gasteiger partial charge in [0.05, 0.1) is 0 Å². The Morgan fingerprint density at radius 2 is 1.89 bits per heavy atom. The summed E-state index contributed by atoms with van der Waals surface area (Å²) in [7, 11) is 0. The number of anilines is 1. The summed E-state index contributed by atoms with van der Waals surface area (Å²) in [4.78, 5) is 4.03. The van der Waals surface area contributed by atoms with E-state index in [-0.39, 0.29) is 0 Å². The van der Waals surface area contributed by atoms with Crippen LogP contribution in [0.4, 0.5) is 5.69 Å². The van der Waals surface area contributed by atoms with E-state index in [4.69, 9.17) is 5.73 Å². The molecule has 0 aliphatic rings. The minimum Gasteiger partial charge on any atom is -0.398 e. The number of aromatic nitrogens is 1. The second-order valence-electron chi connectivity index (χ2n) is 4.59. The van der Waals surface area contributed by atoms with Crippen LogP contribution in [0, 0.1) is 0 Å². The molecule has 0 saturated carbocycles. The molecule has 1 aromatic heterocycles. The van der Waals surface area contributed by atoms with Gasteiger partial charge in [0.15, 0.2) is 0 Å². The first-order valence-electron chi connectivity index (χ1n) is 6.07. The number of nitrogens with zero attached hydrogens (tertiary/aromatic N) is 1. The minimum atomic E-state index is -1.12. The fourth-order valence-electron chi connectivity index (χ4n) is 2.03. The normalized spacial score (nSPS) is 14.2. The van der Waals surface area contributed by atoms with Gasteiger partial charge in [0.1, 0.15) is 5.60 Å². The van der Waals surface area contributed by atoms with Crippen LogP contribution in [0.15, 0.2) is 42.7 Å². The van der Waals surface area contributed by atoms with E-state index in [0.717, 1.165) is 12.0 Å². The van der Waals surface area contributed by atoms with Crippen LogP contribution >= 0.6 is 0 Å². The maximum absolute atomic E-state index is 10.7. The van der Waals surface area contributed by atoms with Crippen molar-refractivity contribution in [3.8, 4) is 0 Å². The monoisotopic (exact) mass is 242 g/mol. The lowest BCUT2D eigenvalue weighted by Gasteiger charge is -2.25. The Bertz CT molecular complexity index is 532. The molecule has 2 aromatic rings. The van der Waals surface area contributed by atoms with Gasteiger partial charge < -0.3 is 10.8 Å². The highest BCUT2D eigenvalue weighted by Gasteiger charge is 2.27. The smallest absolute Gasteiger partial charge is 0.115 e. The first-order chi connectivity index (χ1) is 8.55. The van der Waals surface area contributed by atoms with Gasteiger partial charge in [0.25, 0.3) is 0 Å². The minimum absolute atomic E-state index is 0.551. The average Bonchev–Trinajstić information content (AvgIpc) is 2.39. The van der Waals surface area contributed by atoms with Crippen molar-refractivity contribution in [1.29, 1.82) is 0 Å². The summed E-state index contributed by atoms with van der Waals surface area (Å²) in [6.07, 6.45) is 4.22. The maximum atomic E-state index is 10.7. The highest BCUT2D eigenvalue weighted by molar-refractivity contribution is 5.51. The number of aryl methyl sites for hydroxylation is 1. The SMILES string of the molecule is CCc1ccc(C(C)(O)c2cnccc2N)cc1. The zero-order valence-electron chi connectivity index (χ0n) is 10.7. The number of hydrogen-bond acceptors (Lipinski definition) is 3. The highest BCUT2D eigenvalue weighted by atomic mass is 16.3. The predicted molar refractivity (Wildman–Crippen MR) is 73.1 cm³/mol. The summed E-state index contributed by atoms with van der Waals surface area (Å²) in [5.41, 5.74) is 8.03. The Hall–Kier alpha value is -1.87. The van der Waals surface area contributed by atoms with Gasteiger partial charge >= 0.3 is 0 Å². The van der Waals surface area contributed by atoms with Crippen molar-refractivity contribution in [2.45, 2.75) is 25.9 Å². The van der Waals surface area contributed by atoms with Crippen LogP contribution in [0.2, 0.25) is 0 Å². The lowest BCUT2D eigenvalue weighted by Crippen LogP contribution is -2.24. The van der Waals surface area contributed by atoms with E-state index in [9.17, 15) is 5.11 Å². The van der Waals surface area contributed by atoms with E-state index in [1.807, 2.05) is 24.3 Å². The van der Waals surface area contributed by atoms with Crippen molar-refractivity contribution in [2.75, 3.05) is 5.73 Å². The van der Waals surface area contributed by atoms with Gasteiger partial charge in [-0.15, -0.1) is 0 Å². The molecule has 1 unspecified atom stereocenters. The number of pyridine rings is 1. The Morgan fingerprint density at radius 1 is 1.22 bits per heavy atom. The van der Waals surface area contributed by atoms with Gasteiger partial charge in [-0.1, -0.05) is 31.2 Å². The zero-order valence-corrected chi connectivity index (χ0v) is 10.7. The molecule has 1 aromatic carbocycles. The van der Waals surface area contributed by atoms with Gasteiger partial charge in [-0.25, -0.2) is 0 Å². The van der Waals surface area contributed by atoms with Crippen LogP contribution in [0.3, 0.4) is 0 Å². The molecule has 0 amide bonds. The molecular weight excluding hydrogens is 224 g/mol. The average molecular weight is 242 g/mol. The Kier molecular flexibility index (Phi) is 3.34. The van der Waals surface area contributed by atoms with Gasteiger partial charge in [-0.2, -0.15) is 0 Å². The quantitative estimate of drug-likeness (QED) is 0.869. The van der Waals surface area contributed by atoms with Gasteiger partial charge in [0, 0.05) is 23.6 Å². The van der Waals surface area contributed by atoms with Crippen LogP contribution < -0.4 is 5.73 Å². The Balaban J connectivity index is 2.44. The number of rotatable bonds is 3. The third-order valence-corrected chi connectivity index (χ3v) is 3.30. The summed E-state index contributed by atoms with van der Waals surface area (Å²) in [5, 5.41) is 10.7. The third-order valence-electron chi connectivity index (χ3n) is 3.30. The molecular formula is C15H18N2O. The molecule has 18 heavy (non-hydrogen) atoms. The van der Waals surface area contributed by atoms with Gasteiger partial charge in [-0.05, 0) is 30.5 Å². The van der Waals surface area contributed by atoms with Crippen molar-refractivity contribution in [3.05, 3.63) is 59.4 Å². The summed E-state index contributed by atoms with van der Waals surface area (Å²) >= 11 is 0. The summed E-state index contributed by atoms with van der Waals surface area (Å²) in [6, 6.07) is 9.62. The molecule has 3 N–H and O–H groups in total. The molecule has 0 spiro atoms. The number of aliphatic hydroxyl groups is 1. The third kappa shape index (κ3) is 2.22. The van der Waals surface area contributed by atoms with E-state index in [2.05, 4.69) is 11.9 Å². The summed E-state index contributed by atoms with van der Waals surface area (Å²) < 4.78 is 0. The summed E-state index contributed by atoms with van der Waals surface area (Å²) in [6.45, 7) is 3.84. The molecule has 3 nitrogen and oxygen atoms in total. The van der Waals surface area contributed by atoms with E-state index in [0.29, 0.717) is 11.3 Å². The summed E-state index contributed by atoms with van der Waals surface area (Å²) in [5.74, 6) is 0. The molecule has 2 rings (SSSR count). The van der Waals surface area contributed by atoms with Crippen LogP contribution in [0.25, 0.3) is 0 Å². The van der Waals surface area contributed by atoms with Crippen molar-refractivity contribution in [1.82, 2.24) is 4.98 Å². The number of benzene rings is 1. The Labute approximate surface area is 107 Å². The molecule has 0 fully saturated rings. The van der Waals surface area contributed by atoms with E-state index in [1.54, 1.807) is 25.4 Å². The van der Waals surface area contributed by atoms with E-state index < -0.39 is 5.60 Å². The molecule has 3 heteroatoms. The molecule has 0 aliphatic heterocycles. The standard InChI is InChI=1S/C15H18N2O/c1-3-11-4-6-12(7-5-11)15(2,18)13-10-17-9-8-14(13)16/h4-10,18H,3H2,1-2H3,(H2,16,17). The van der Waals surface area contributed by atoms with Crippen molar-refractivity contribution < 1.29 is 5.11 Å². The second-order valence-corrected chi connectivity index (χ2v) is 4.59. The lowest BCUT2D eigenvalue weighted by atomic mass is 9.88. The van der Waals surface area contributed by atoms with Crippen LogP contribution in [-0.2, 0) is 12.0 Å². The number of nitrogens with two attached hydrogens (primary N) is 1. The van der Waals surface area contributed by atoms with E-state index in [1.165, 1.54) is 5.56 Å². The van der Waals surface area contributed by atoms with Crippen molar-refractivity contribution >= 4 is 5.69 Å². The molecule has 1 heterocycles. The van der Waals surface area contributed by atoms with Crippen molar-refractivity contribution in [2.24, 2.45) is 0 Å². The second kappa shape index (κ2) is 4.78. The largest absolute Gasteiger partial charge is 0.398 e. The first kappa shape index (κ1) is 12.6. The van der Waals surface area contributed by atoms with Gasteiger partial charge in [-0.3, -0.25) is 4.98 Å². The van der Waals surface area contributed by atoms with Crippen LogP contribution in [0.1, 0.15) is 30.5 Å². The number of hydrogen-bond donors (Lipinski definition) is 2. The topological polar surface area (TPSA) is 59.1 Å². The van der Waals surface area contributed by atoms with Gasteiger partial charge in [0.2, 0.25) is 0 Å². The molecule has 0 saturated heterocycles. The zero-order chi connectivity index (χ0) is 13.2. The van der Waals surface area contributed by atoms with Crippen LogP contribution in [-0.4, -0.2) is 10.1 Å². The van der Waals surface area contributed by atoms with E-state index >= 15 is 0 Å². The Morgan fingerprint density at radius 3 is 2.44 bits per heavy atom. The van der Waals surface area contributed by atoms with Crippen LogP contribution in [0.5, 0.6) is 0 Å². The first-order valence-corrected chi connectivity index (χ1v) is 6.07. The highest BCUT2D eigenvalue weighted by Crippen LogP contribution is 2.32.